The number of aliphatic carboxylic acids is 2. The van der Waals surface area contributed by atoms with Crippen LogP contribution < -0.4 is 0 Å². The first kappa shape index (κ1) is 21.0. The van der Waals surface area contributed by atoms with Crippen molar-refractivity contribution >= 4 is 35.1 Å². The lowest BCUT2D eigenvalue weighted by molar-refractivity contribution is -0.137. The van der Waals surface area contributed by atoms with Gasteiger partial charge in [0.25, 0.3) is 0 Å². The zero-order valence-corrected chi connectivity index (χ0v) is 16.8. The Kier molecular flexibility index (Phi) is 6.86. The molecule has 2 fully saturated rings. The van der Waals surface area contributed by atoms with Crippen molar-refractivity contribution in [3.63, 3.8) is 0 Å². The van der Waals surface area contributed by atoms with E-state index in [4.69, 9.17) is 33.0 Å². The van der Waals surface area contributed by atoms with Crippen LogP contribution in [0.4, 0.5) is 0 Å². The van der Waals surface area contributed by atoms with Crippen LogP contribution in [0.1, 0.15) is 30.7 Å². The summed E-state index contributed by atoms with van der Waals surface area (Å²) in [5.41, 5.74) is 0.834. The molecule has 1 saturated heterocycles. The van der Waals surface area contributed by atoms with Crippen molar-refractivity contribution in [1.82, 2.24) is 4.90 Å². The van der Waals surface area contributed by atoms with Gasteiger partial charge in [-0.3, -0.25) is 0 Å². The maximum atomic E-state index is 11.5. The first-order chi connectivity index (χ1) is 13.3. The highest BCUT2D eigenvalue weighted by Crippen LogP contribution is 2.37. The number of nitrogens with zero attached hydrogens (tertiary/aromatic N) is 1. The maximum Gasteiger partial charge on any atom is 0.352 e. The smallest absolute Gasteiger partial charge is 0.352 e. The van der Waals surface area contributed by atoms with Crippen molar-refractivity contribution in [2.45, 2.75) is 25.2 Å². The van der Waals surface area contributed by atoms with E-state index in [-0.39, 0.29) is 17.5 Å². The summed E-state index contributed by atoms with van der Waals surface area (Å²) in [6, 6.07) is 5.55. The molecule has 1 heterocycles. The quantitative estimate of drug-likeness (QED) is 0.612. The molecule has 2 aliphatic rings. The number of hydrogen-bond acceptors (Lipinski definition) is 4. The van der Waals surface area contributed by atoms with E-state index < -0.39 is 11.9 Å². The van der Waals surface area contributed by atoms with E-state index in [1.807, 2.05) is 12.1 Å². The van der Waals surface area contributed by atoms with Crippen molar-refractivity contribution in [2.75, 3.05) is 26.3 Å². The van der Waals surface area contributed by atoms with E-state index in [0.717, 1.165) is 11.6 Å². The summed E-state index contributed by atoms with van der Waals surface area (Å²) in [6.07, 6.45) is 3.80. The van der Waals surface area contributed by atoms with Gasteiger partial charge in [-0.15, -0.1) is 0 Å². The minimum absolute atomic E-state index is 0.0151. The molecule has 0 unspecified atom stereocenters. The monoisotopic (exact) mass is 427 g/mol. The van der Waals surface area contributed by atoms with Crippen LogP contribution in [0.5, 0.6) is 0 Å². The third-order valence-corrected chi connectivity index (χ3v) is 6.05. The predicted molar refractivity (Wildman–Crippen MR) is 106 cm³/mol. The molecule has 0 spiro atoms. The van der Waals surface area contributed by atoms with Gasteiger partial charge in [0.2, 0.25) is 0 Å². The number of likely N-dealkylation sites (tertiary alicyclic amines) is 1. The summed E-state index contributed by atoms with van der Waals surface area (Å²) in [6.45, 7) is 2.04. The highest BCUT2D eigenvalue weighted by molar-refractivity contribution is 6.42. The fourth-order valence-electron chi connectivity index (χ4n) is 3.68. The van der Waals surface area contributed by atoms with Gasteiger partial charge in [-0.05, 0) is 48.8 Å². The van der Waals surface area contributed by atoms with Gasteiger partial charge in [0.05, 0.1) is 22.7 Å². The summed E-state index contributed by atoms with van der Waals surface area (Å²) < 4.78 is 5.90. The van der Waals surface area contributed by atoms with Gasteiger partial charge in [-0.2, -0.15) is 0 Å². The first-order valence-electron chi connectivity index (χ1n) is 9.30. The van der Waals surface area contributed by atoms with Crippen LogP contribution in [0.25, 0.3) is 0 Å². The van der Waals surface area contributed by atoms with E-state index in [0.29, 0.717) is 48.7 Å². The minimum Gasteiger partial charge on any atom is -0.478 e. The molecule has 1 aliphatic carbocycles. The molecule has 1 aromatic rings. The highest BCUT2D eigenvalue weighted by Gasteiger charge is 2.34. The number of halogens is 2. The Morgan fingerprint density at radius 3 is 2.50 bits per heavy atom. The normalized spacial score (nSPS) is 22.9. The van der Waals surface area contributed by atoms with Gasteiger partial charge in [0.1, 0.15) is 5.70 Å². The Bertz CT molecular complexity index is 778. The molecule has 3 rings (SSSR count). The van der Waals surface area contributed by atoms with E-state index in [1.54, 1.807) is 11.0 Å². The molecule has 6 nitrogen and oxygen atoms in total. The summed E-state index contributed by atoms with van der Waals surface area (Å²) in [7, 11) is 0. The lowest BCUT2D eigenvalue weighted by atomic mass is 9.80. The molecule has 0 bridgehead atoms. The zero-order valence-electron chi connectivity index (χ0n) is 15.3. The number of carboxylic acid groups (broad SMARTS) is 2. The SMILES string of the molecule is O=C(O)/C=C(/C(=O)O)N1CC[C@H](c2ccc(Cl)c(Cl)c2)[C@H](COCC2CC2)C1. The molecule has 1 aliphatic heterocycles. The Hall–Kier alpha value is -1.76. The van der Waals surface area contributed by atoms with Crippen molar-refractivity contribution in [3.8, 4) is 0 Å². The summed E-state index contributed by atoms with van der Waals surface area (Å²) >= 11 is 12.2. The van der Waals surface area contributed by atoms with E-state index in [2.05, 4.69) is 0 Å². The Labute approximate surface area is 173 Å². The first-order valence-corrected chi connectivity index (χ1v) is 10.1. The molecule has 2 atom stereocenters. The Balaban J connectivity index is 1.79. The second kappa shape index (κ2) is 9.16. The number of carboxylic acids is 2. The van der Waals surface area contributed by atoms with Crippen molar-refractivity contribution in [3.05, 3.63) is 45.6 Å². The van der Waals surface area contributed by atoms with Gasteiger partial charge < -0.3 is 19.8 Å². The van der Waals surface area contributed by atoms with E-state index in [9.17, 15) is 14.7 Å². The Morgan fingerprint density at radius 2 is 1.89 bits per heavy atom. The van der Waals surface area contributed by atoms with E-state index >= 15 is 0 Å². The molecule has 1 aromatic carbocycles. The topological polar surface area (TPSA) is 87.1 Å². The maximum absolute atomic E-state index is 11.5. The van der Waals surface area contributed by atoms with Crippen molar-refractivity contribution < 1.29 is 24.5 Å². The second-order valence-corrected chi connectivity index (χ2v) is 8.24. The fourth-order valence-corrected chi connectivity index (χ4v) is 3.98. The third kappa shape index (κ3) is 5.40. The Morgan fingerprint density at radius 1 is 1.14 bits per heavy atom. The van der Waals surface area contributed by atoms with E-state index in [1.165, 1.54) is 12.8 Å². The fraction of sp³-hybridized carbons (Fsp3) is 0.500. The van der Waals surface area contributed by atoms with Crippen LogP contribution in [0.3, 0.4) is 0 Å². The number of hydrogen-bond donors (Lipinski definition) is 2. The summed E-state index contributed by atoms with van der Waals surface area (Å²) in [5, 5.41) is 19.4. The highest BCUT2D eigenvalue weighted by atomic mass is 35.5. The molecule has 8 heteroatoms. The standard InChI is InChI=1S/C20H23Cl2NO5/c21-16-4-3-13(7-17(16)22)15-5-6-23(18(20(26)27)8-19(24)25)9-14(15)11-28-10-12-1-2-12/h3-4,7-8,12,14-15H,1-2,5-6,9-11H2,(H,24,25)(H,26,27)/b18-8-/t14-,15+/m0/s1. The average Bonchev–Trinajstić information content (AvgIpc) is 3.46. The molecule has 0 amide bonds. The number of carbonyl (C=O) groups is 2. The van der Waals surface area contributed by atoms with Crippen LogP contribution in [0.2, 0.25) is 10.0 Å². The van der Waals surface area contributed by atoms with Gasteiger partial charge in [-0.25, -0.2) is 9.59 Å². The average molecular weight is 428 g/mol. The minimum atomic E-state index is -1.27. The second-order valence-electron chi connectivity index (χ2n) is 7.43. The van der Waals surface area contributed by atoms with Crippen LogP contribution in [0, 0.1) is 11.8 Å². The molecule has 2 N–H and O–H groups in total. The summed E-state index contributed by atoms with van der Waals surface area (Å²) in [5.74, 6) is -1.74. The lowest BCUT2D eigenvalue weighted by Gasteiger charge is -2.40. The largest absolute Gasteiger partial charge is 0.478 e. The molecule has 28 heavy (non-hydrogen) atoms. The van der Waals surface area contributed by atoms with Crippen LogP contribution >= 0.6 is 23.2 Å². The molecular formula is C20H23Cl2NO5. The number of ether oxygens (including phenoxy) is 1. The molecule has 0 radical (unpaired) electrons. The predicted octanol–water partition coefficient (Wildman–Crippen LogP) is 3.88. The van der Waals surface area contributed by atoms with Crippen LogP contribution in [-0.4, -0.2) is 53.4 Å². The zero-order chi connectivity index (χ0) is 20.3. The molecule has 0 aromatic heterocycles. The van der Waals surface area contributed by atoms with Crippen LogP contribution in [0.15, 0.2) is 30.0 Å². The van der Waals surface area contributed by atoms with Crippen molar-refractivity contribution in [1.29, 1.82) is 0 Å². The van der Waals surface area contributed by atoms with Crippen LogP contribution in [-0.2, 0) is 14.3 Å². The number of benzene rings is 1. The molecule has 1 saturated carbocycles. The molecule has 152 valence electrons. The third-order valence-electron chi connectivity index (χ3n) is 5.31. The van der Waals surface area contributed by atoms with Gasteiger partial charge in [0.15, 0.2) is 0 Å². The molecular weight excluding hydrogens is 405 g/mol. The summed E-state index contributed by atoms with van der Waals surface area (Å²) in [4.78, 5) is 24.2. The van der Waals surface area contributed by atoms with Gasteiger partial charge in [-0.1, -0.05) is 29.3 Å². The lowest BCUT2D eigenvalue weighted by Crippen LogP contribution is -2.42. The number of piperidine rings is 1. The van der Waals surface area contributed by atoms with Gasteiger partial charge in [0, 0.05) is 25.6 Å². The van der Waals surface area contributed by atoms with Gasteiger partial charge >= 0.3 is 11.9 Å². The van der Waals surface area contributed by atoms with Crippen molar-refractivity contribution in [2.24, 2.45) is 11.8 Å². The number of rotatable bonds is 8.